The van der Waals surface area contributed by atoms with Crippen LogP contribution in [0.5, 0.6) is 0 Å². The van der Waals surface area contributed by atoms with Gasteiger partial charge in [-0.15, -0.1) is 0 Å². The maximum absolute atomic E-state index is 12.4. The first-order valence-corrected chi connectivity index (χ1v) is 8.45. The number of alkyl halides is 3. The molecule has 0 aliphatic carbocycles. The highest BCUT2D eigenvalue weighted by Gasteiger charge is 2.40. The normalized spacial score (nSPS) is 18.4. The van der Waals surface area contributed by atoms with E-state index >= 15 is 0 Å². The summed E-state index contributed by atoms with van der Waals surface area (Å²) in [5.74, 6) is -4.21. The zero-order valence-corrected chi connectivity index (χ0v) is 14.8. The number of aliphatic carboxylic acids is 1. The van der Waals surface area contributed by atoms with Crippen molar-refractivity contribution in [3.05, 3.63) is 35.4 Å². The average Bonchev–Trinajstić information content (AvgIpc) is 2.90. The minimum atomic E-state index is -4.52. The molecular formula is C18H21F3N2O4. The molecule has 1 saturated heterocycles. The predicted molar refractivity (Wildman–Crippen MR) is 89.8 cm³/mol. The van der Waals surface area contributed by atoms with E-state index in [9.17, 15) is 32.7 Å². The van der Waals surface area contributed by atoms with Gasteiger partial charge in [0.05, 0.1) is 11.8 Å². The van der Waals surface area contributed by atoms with E-state index in [4.69, 9.17) is 0 Å². The second-order valence-electron chi connectivity index (χ2n) is 6.76. The highest BCUT2D eigenvalue weighted by molar-refractivity contribution is 5.89. The van der Waals surface area contributed by atoms with Gasteiger partial charge in [0.25, 0.3) is 0 Å². The van der Waals surface area contributed by atoms with Crippen molar-refractivity contribution in [2.75, 3.05) is 19.6 Å². The SMILES string of the molecule is Cc1cccc(C[C@H](CNC(=O)[C@@H]2CC(=O)N(CC(F)(F)F)C2)C(=O)O)c1. The van der Waals surface area contributed by atoms with Gasteiger partial charge in [0.2, 0.25) is 11.8 Å². The van der Waals surface area contributed by atoms with Crippen molar-refractivity contribution in [3.63, 3.8) is 0 Å². The molecule has 1 aromatic rings. The molecule has 0 aromatic heterocycles. The number of likely N-dealkylation sites (tertiary alicyclic amines) is 1. The van der Waals surface area contributed by atoms with Crippen molar-refractivity contribution in [2.24, 2.45) is 11.8 Å². The third kappa shape index (κ3) is 6.26. The Kier molecular flexibility index (Phi) is 6.45. The number of nitrogens with zero attached hydrogens (tertiary/aromatic N) is 1. The summed E-state index contributed by atoms with van der Waals surface area (Å²) >= 11 is 0. The molecule has 1 fully saturated rings. The number of nitrogens with one attached hydrogen (secondary N) is 1. The summed E-state index contributed by atoms with van der Waals surface area (Å²) in [6, 6.07) is 7.32. The number of halogens is 3. The van der Waals surface area contributed by atoms with E-state index in [1.807, 2.05) is 25.1 Å². The second-order valence-corrected chi connectivity index (χ2v) is 6.76. The molecule has 0 unspecified atom stereocenters. The van der Waals surface area contributed by atoms with E-state index < -0.39 is 42.3 Å². The summed E-state index contributed by atoms with van der Waals surface area (Å²) in [6.45, 7) is 0.0113. The fourth-order valence-corrected chi connectivity index (χ4v) is 3.06. The van der Waals surface area contributed by atoms with Gasteiger partial charge in [0.1, 0.15) is 6.54 Å². The Hall–Kier alpha value is -2.58. The first-order valence-electron chi connectivity index (χ1n) is 8.45. The Morgan fingerprint density at radius 1 is 1.37 bits per heavy atom. The molecule has 1 aromatic carbocycles. The summed E-state index contributed by atoms with van der Waals surface area (Å²) in [5, 5.41) is 11.8. The fraction of sp³-hybridized carbons (Fsp3) is 0.500. The van der Waals surface area contributed by atoms with Gasteiger partial charge in [-0.25, -0.2) is 0 Å². The van der Waals surface area contributed by atoms with Gasteiger partial charge in [-0.2, -0.15) is 13.2 Å². The summed E-state index contributed by atoms with van der Waals surface area (Å²) in [4.78, 5) is 35.9. The van der Waals surface area contributed by atoms with Gasteiger partial charge >= 0.3 is 12.1 Å². The average molecular weight is 386 g/mol. The van der Waals surface area contributed by atoms with Crippen LogP contribution in [0.3, 0.4) is 0 Å². The van der Waals surface area contributed by atoms with Crippen molar-refractivity contribution >= 4 is 17.8 Å². The van der Waals surface area contributed by atoms with Crippen LogP contribution in [0.2, 0.25) is 0 Å². The van der Waals surface area contributed by atoms with Gasteiger partial charge in [0.15, 0.2) is 0 Å². The molecule has 1 heterocycles. The van der Waals surface area contributed by atoms with Crippen LogP contribution in [-0.2, 0) is 20.8 Å². The molecule has 2 rings (SSSR count). The standard InChI is InChI=1S/C18H21F3N2O4/c1-11-3-2-4-12(5-11)6-13(17(26)27)8-22-16(25)14-7-15(24)23(9-14)10-18(19,20)21/h2-5,13-14H,6-10H2,1H3,(H,22,25)(H,26,27)/t13-,14-/m1/s1. The Balaban J connectivity index is 1.90. The monoisotopic (exact) mass is 386 g/mol. The number of benzene rings is 1. The number of hydrogen-bond donors (Lipinski definition) is 2. The highest BCUT2D eigenvalue weighted by atomic mass is 19.4. The maximum Gasteiger partial charge on any atom is 0.406 e. The van der Waals surface area contributed by atoms with Gasteiger partial charge in [0, 0.05) is 19.5 Å². The number of hydrogen-bond acceptors (Lipinski definition) is 3. The minimum absolute atomic E-state index is 0.161. The zero-order chi connectivity index (χ0) is 20.2. The molecule has 0 radical (unpaired) electrons. The van der Waals surface area contributed by atoms with Crippen molar-refractivity contribution in [1.82, 2.24) is 10.2 Å². The van der Waals surface area contributed by atoms with Crippen LogP contribution in [0.25, 0.3) is 0 Å². The van der Waals surface area contributed by atoms with E-state index in [2.05, 4.69) is 5.32 Å². The van der Waals surface area contributed by atoms with Crippen LogP contribution in [0.1, 0.15) is 17.5 Å². The molecule has 1 aliphatic rings. The van der Waals surface area contributed by atoms with E-state index in [0.717, 1.165) is 11.1 Å². The lowest BCUT2D eigenvalue weighted by atomic mass is 9.97. The van der Waals surface area contributed by atoms with Crippen molar-refractivity contribution in [3.8, 4) is 0 Å². The molecule has 2 amide bonds. The maximum atomic E-state index is 12.4. The second kappa shape index (κ2) is 8.41. The molecule has 2 atom stereocenters. The third-order valence-electron chi connectivity index (χ3n) is 4.39. The van der Waals surface area contributed by atoms with E-state index in [-0.39, 0.29) is 25.9 Å². The lowest BCUT2D eigenvalue weighted by Gasteiger charge is -2.19. The number of aryl methyl sites for hydroxylation is 1. The van der Waals surface area contributed by atoms with Crippen LogP contribution in [0, 0.1) is 18.8 Å². The first kappa shape index (κ1) is 20.7. The summed E-state index contributed by atoms with van der Waals surface area (Å²) in [5.41, 5.74) is 1.79. The molecule has 9 heteroatoms. The third-order valence-corrected chi connectivity index (χ3v) is 4.39. The Labute approximate surface area is 154 Å². The number of carbonyl (C=O) groups excluding carboxylic acids is 2. The van der Waals surface area contributed by atoms with Crippen LogP contribution in [0.15, 0.2) is 24.3 Å². The summed E-state index contributed by atoms with van der Waals surface area (Å²) < 4.78 is 37.3. The molecule has 0 bridgehead atoms. The number of amides is 2. The van der Waals surface area contributed by atoms with Gasteiger partial charge in [-0.1, -0.05) is 29.8 Å². The molecule has 2 N–H and O–H groups in total. The van der Waals surface area contributed by atoms with Crippen LogP contribution < -0.4 is 5.32 Å². The number of carbonyl (C=O) groups is 3. The number of rotatable bonds is 7. The molecule has 0 spiro atoms. The van der Waals surface area contributed by atoms with Gasteiger partial charge < -0.3 is 15.3 Å². The van der Waals surface area contributed by atoms with E-state index in [1.54, 1.807) is 6.07 Å². The topological polar surface area (TPSA) is 86.7 Å². The van der Waals surface area contributed by atoms with Gasteiger partial charge in [-0.3, -0.25) is 14.4 Å². The largest absolute Gasteiger partial charge is 0.481 e. The zero-order valence-electron chi connectivity index (χ0n) is 14.8. The van der Waals surface area contributed by atoms with Crippen LogP contribution in [-0.4, -0.2) is 53.6 Å². The first-order chi connectivity index (χ1) is 12.5. The molecular weight excluding hydrogens is 365 g/mol. The van der Waals surface area contributed by atoms with Crippen molar-refractivity contribution in [2.45, 2.75) is 25.9 Å². The molecule has 148 valence electrons. The molecule has 27 heavy (non-hydrogen) atoms. The highest BCUT2D eigenvalue weighted by Crippen LogP contribution is 2.24. The lowest BCUT2D eigenvalue weighted by Crippen LogP contribution is -2.39. The van der Waals surface area contributed by atoms with Crippen LogP contribution in [0.4, 0.5) is 13.2 Å². The van der Waals surface area contributed by atoms with E-state index in [0.29, 0.717) is 4.90 Å². The van der Waals surface area contributed by atoms with Crippen molar-refractivity contribution < 1.29 is 32.7 Å². The Morgan fingerprint density at radius 3 is 2.67 bits per heavy atom. The molecule has 6 nitrogen and oxygen atoms in total. The molecule has 0 saturated carbocycles. The quantitative estimate of drug-likeness (QED) is 0.748. The Morgan fingerprint density at radius 2 is 2.07 bits per heavy atom. The summed E-state index contributed by atoms with van der Waals surface area (Å²) in [7, 11) is 0. The Bertz CT molecular complexity index is 721. The van der Waals surface area contributed by atoms with Crippen molar-refractivity contribution in [1.29, 1.82) is 0 Å². The number of carboxylic acid groups (broad SMARTS) is 1. The smallest absolute Gasteiger partial charge is 0.406 e. The minimum Gasteiger partial charge on any atom is -0.481 e. The van der Waals surface area contributed by atoms with Crippen LogP contribution >= 0.6 is 0 Å². The summed E-state index contributed by atoms with van der Waals surface area (Å²) in [6.07, 6.45) is -4.62. The fourth-order valence-electron chi connectivity index (χ4n) is 3.06. The van der Waals surface area contributed by atoms with Gasteiger partial charge in [-0.05, 0) is 18.9 Å². The lowest BCUT2D eigenvalue weighted by molar-refractivity contribution is -0.157. The number of carboxylic acids is 1. The predicted octanol–water partition coefficient (Wildman–Crippen LogP) is 1.77. The molecule has 1 aliphatic heterocycles. The van der Waals surface area contributed by atoms with E-state index in [1.165, 1.54) is 0 Å².